The zero-order valence-corrected chi connectivity index (χ0v) is 12.5. The van der Waals surface area contributed by atoms with Gasteiger partial charge in [-0.15, -0.1) is 0 Å². The molecule has 18 heavy (non-hydrogen) atoms. The first-order valence-corrected chi connectivity index (χ1v) is 6.94. The molecule has 0 fully saturated rings. The molecule has 0 saturated heterocycles. The van der Waals surface area contributed by atoms with Gasteiger partial charge in [-0.3, -0.25) is 4.79 Å². The molecule has 1 rings (SSSR count). The maximum absolute atomic E-state index is 13.0. The van der Waals surface area contributed by atoms with Gasteiger partial charge in [0.25, 0.3) is 0 Å². The van der Waals surface area contributed by atoms with Crippen LogP contribution in [0.4, 0.5) is 0 Å². The molecule has 0 radical (unpaired) electrons. The third-order valence-corrected chi connectivity index (χ3v) is 4.30. The quantitative estimate of drug-likeness (QED) is 0.680. The first-order valence-electron chi connectivity index (χ1n) is 6.94. The second-order valence-electron chi connectivity index (χ2n) is 6.09. The SMILES string of the molecule is CC(C)C(C(=O)c1ccccc1)(C(C)C)C(C)C. The Kier molecular flexibility index (Phi) is 4.72. The molecule has 1 aromatic rings. The van der Waals surface area contributed by atoms with Crippen LogP contribution in [-0.2, 0) is 0 Å². The number of benzene rings is 1. The minimum atomic E-state index is -0.276. The van der Waals surface area contributed by atoms with Crippen molar-refractivity contribution in [1.29, 1.82) is 0 Å². The minimum Gasteiger partial charge on any atom is -0.294 e. The van der Waals surface area contributed by atoms with Gasteiger partial charge in [0.05, 0.1) is 0 Å². The van der Waals surface area contributed by atoms with Gasteiger partial charge in [0.15, 0.2) is 5.78 Å². The van der Waals surface area contributed by atoms with Crippen molar-refractivity contribution in [1.82, 2.24) is 0 Å². The summed E-state index contributed by atoms with van der Waals surface area (Å²) in [5, 5.41) is 0. The molecule has 1 aromatic carbocycles. The van der Waals surface area contributed by atoms with Crippen LogP contribution in [0.15, 0.2) is 30.3 Å². The Morgan fingerprint density at radius 2 is 1.22 bits per heavy atom. The lowest BCUT2D eigenvalue weighted by molar-refractivity contribution is 0.0359. The van der Waals surface area contributed by atoms with E-state index in [9.17, 15) is 4.79 Å². The molecule has 0 amide bonds. The van der Waals surface area contributed by atoms with Crippen LogP contribution in [-0.4, -0.2) is 5.78 Å². The summed E-state index contributed by atoms with van der Waals surface area (Å²) in [5.41, 5.74) is 0.565. The topological polar surface area (TPSA) is 17.1 Å². The zero-order chi connectivity index (χ0) is 13.9. The van der Waals surface area contributed by atoms with Gasteiger partial charge in [0.2, 0.25) is 0 Å². The first kappa shape index (κ1) is 14.9. The summed E-state index contributed by atoms with van der Waals surface area (Å²) in [6, 6.07) is 9.71. The fourth-order valence-corrected chi connectivity index (χ4v) is 3.63. The molecule has 0 atom stereocenters. The third-order valence-electron chi connectivity index (χ3n) is 4.30. The Bertz CT molecular complexity index is 366. The molecule has 0 aliphatic carbocycles. The fraction of sp³-hybridized carbons (Fsp3) is 0.588. The van der Waals surface area contributed by atoms with Crippen molar-refractivity contribution in [2.45, 2.75) is 41.5 Å². The third kappa shape index (κ3) is 2.36. The monoisotopic (exact) mass is 246 g/mol. The molecule has 0 spiro atoms. The molecule has 1 nitrogen and oxygen atoms in total. The lowest BCUT2D eigenvalue weighted by Gasteiger charge is -2.43. The predicted octanol–water partition coefficient (Wildman–Crippen LogP) is 4.82. The van der Waals surface area contributed by atoms with Crippen molar-refractivity contribution in [3.63, 3.8) is 0 Å². The van der Waals surface area contributed by atoms with Gasteiger partial charge >= 0.3 is 0 Å². The van der Waals surface area contributed by atoms with Gasteiger partial charge < -0.3 is 0 Å². The van der Waals surface area contributed by atoms with Gasteiger partial charge in [-0.1, -0.05) is 71.9 Å². The van der Waals surface area contributed by atoms with Crippen molar-refractivity contribution < 1.29 is 4.79 Å². The Balaban J connectivity index is 3.32. The molecule has 0 unspecified atom stereocenters. The molecular formula is C17H26O. The second kappa shape index (κ2) is 5.69. The summed E-state index contributed by atoms with van der Waals surface area (Å²) in [7, 11) is 0. The van der Waals surface area contributed by atoms with Crippen molar-refractivity contribution in [2.75, 3.05) is 0 Å². The summed E-state index contributed by atoms with van der Waals surface area (Å²) >= 11 is 0. The van der Waals surface area contributed by atoms with E-state index in [0.717, 1.165) is 5.56 Å². The molecule has 0 aromatic heterocycles. The van der Waals surface area contributed by atoms with Crippen LogP contribution in [0.1, 0.15) is 51.9 Å². The Labute approximate surface area is 112 Å². The molecule has 0 heterocycles. The summed E-state index contributed by atoms with van der Waals surface area (Å²) in [6.45, 7) is 13.0. The standard InChI is InChI=1S/C17H26O/c1-12(2)17(13(3)4,14(5)6)16(18)15-10-8-7-9-11-15/h7-14H,1-6H3. The van der Waals surface area contributed by atoms with Gasteiger partial charge in [-0.2, -0.15) is 0 Å². The molecule has 0 saturated carbocycles. The summed E-state index contributed by atoms with van der Waals surface area (Å²) in [4.78, 5) is 13.0. The van der Waals surface area contributed by atoms with E-state index in [0.29, 0.717) is 23.5 Å². The van der Waals surface area contributed by atoms with Crippen LogP contribution in [0, 0.1) is 23.2 Å². The number of carbonyl (C=O) groups is 1. The van der Waals surface area contributed by atoms with E-state index in [1.54, 1.807) is 0 Å². The molecule has 1 heteroatoms. The number of hydrogen-bond donors (Lipinski definition) is 0. The molecule has 0 bridgehead atoms. The fourth-order valence-electron chi connectivity index (χ4n) is 3.63. The van der Waals surface area contributed by atoms with E-state index in [2.05, 4.69) is 41.5 Å². The van der Waals surface area contributed by atoms with Crippen LogP contribution in [0.3, 0.4) is 0 Å². The summed E-state index contributed by atoms with van der Waals surface area (Å²) < 4.78 is 0. The summed E-state index contributed by atoms with van der Waals surface area (Å²) in [6.07, 6.45) is 0. The highest BCUT2D eigenvalue weighted by atomic mass is 16.1. The van der Waals surface area contributed by atoms with Crippen LogP contribution in [0.25, 0.3) is 0 Å². The van der Waals surface area contributed by atoms with E-state index in [-0.39, 0.29) is 5.41 Å². The molecule has 100 valence electrons. The average Bonchev–Trinajstić information content (AvgIpc) is 2.29. The number of hydrogen-bond acceptors (Lipinski definition) is 1. The number of Topliss-reactive ketones (excluding diaryl/α,β-unsaturated/α-hetero) is 1. The van der Waals surface area contributed by atoms with Crippen molar-refractivity contribution >= 4 is 5.78 Å². The molecule has 0 aliphatic rings. The second-order valence-corrected chi connectivity index (χ2v) is 6.09. The van der Waals surface area contributed by atoms with Crippen molar-refractivity contribution in [2.24, 2.45) is 23.2 Å². The lowest BCUT2D eigenvalue weighted by Crippen LogP contribution is -2.45. The van der Waals surface area contributed by atoms with Crippen molar-refractivity contribution in [3.8, 4) is 0 Å². The van der Waals surface area contributed by atoms with E-state index >= 15 is 0 Å². The Morgan fingerprint density at radius 3 is 1.56 bits per heavy atom. The van der Waals surface area contributed by atoms with Gasteiger partial charge in [0.1, 0.15) is 0 Å². The maximum atomic E-state index is 13.0. The average molecular weight is 246 g/mol. The highest BCUT2D eigenvalue weighted by Crippen LogP contribution is 2.45. The van der Waals surface area contributed by atoms with Crippen LogP contribution >= 0.6 is 0 Å². The highest BCUT2D eigenvalue weighted by molar-refractivity contribution is 6.01. The molecule has 0 aliphatic heterocycles. The number of carbonyl (C=O) groups excluding carboxylic acids is 1. The Morgan fingerprint density at radius 1 is 0.833 bits per heavy atom. The summed E-state index contributed by atoms with van der Waals surface area (Å²) in [5.74, 6) is 1.31. The predicted molar refractivity (Wildman–Crippen MR) is 77.7 cm³/mol. The number of rotatable bonds is 5. The van der Waals surface area contributed by atoms with Gasteiger partial charge in [-0.25, -0.2) is 0 Å². The van der Waals surface area contributed by atoms with Crippen LogP contribution < -0.4 is 0 Å². The van der Waals surface area contributed by atoms with Crippen molar-refractivity contribution in [3.05, 3.63) is 35.9 Å². The zero-order valence-electron chi connectivity index (χ0n) is 12.5. The normalized spacial score (nSPS) is 12.5. The van der Waals surface area contributed by atoms with Gasteiger partial charge in [-0.05, 0) is 17.8 Å². The first-order chi connectivity index (χ1) is 8.35. The van der Waals surface area contributed by atoms with Gasteiger partial charge in [0, 0.05) is 11.0 Å². The Hall–Kier alpha value is -1.11. The minimum absolute atomic E-state index is 0.276. The maximum Gasteiger partial charge on any atom is 0.169 e. The molecule has 0 N–H and O–H groups in total. The highest BCUT2D eigenvalue weighted by Gasteiger charge is 2.46. The number of ketones is 1. The van der Waals surface area contributed by atoms with E-state index in [1.165, 1.54) is 0 Å². The largest absolute Gasteiger partial charge is 0.294 e. The van der Waals surface area contributed by atoms with Crippen LogP contribution in [0.5, 0.6) is 0 Å². The van der Waals surface area contributed by atoms with E-state index in [4.69, 9.17) is 0 Å². The van der Waals surface area contributed by atoms with Crippen LogP contribution in [0.2, 0.25) is 0 Å². The smallest absolute Gasteiger partial charge is 0.169 e. The van der Waals surface area contributed by atoms with E-state index in [1.807, 2.05) is 30.3 Å². The lowest BCUT2D eigenvalue weighted by atomic mass is 9.58. The van der Waals surface area contributed by atoms with E-state index < -0.39 is 0 Å². The molecular weight excluding hydrogens is 220 g/mol.